The molecule has 0 bridgehead atoms. The minimum absolute atomic E-state index is 0.512. The van der Waals surface area contributed by atoms with Gasteiger partial charge in [-0.05, 0) is 38.1 Å². The summed E-state index contributed by atoms with van der Waals surface area (Å²) in [6.07, 6.45) is 0. The molecule has 4 heteroatoms. The van der Waals surface area contributed by atoms with Crippen molar-refractivity contribution in [2.24, 2.45) is 0 Å². The first-order valence-electron chi connectivity index (χ1n) is 7.62. The van der Waals surface area contributed by atoms with Crippen LogP contribution in [0.3, 0.4) is 0 Å². The lowest BCUT2D eigenvalue weighted by atomic mass is 10.2. The van der Waals surface area contributed by atoms with Gasteiger partial charge in [-0.15, -0.1) is 11.3 Å². The van der Waals surface area contributed by atoms with E-state index >= 15 is 0 Å². The van der Waals surface area contributed by atoms with E-state index in [1.165, 1.54) is 11.1 Å². The largest absolute Gasteiger partial charge is 0.486 e. The summed E-state index contributed by atoms with van der Waals surface area (Å²) in [6, 6.07) is 16.5. The van der Waals surface area contributed by atoms with Gasteiger partial charge in [0.05, 0.1) is 12.2 Å². The first-order chi connectivity index (χ1) is 11.2. The van der Waals surface area contributed by atoms with E-state index in [0.717, 1.165) is 28.7 Å². The summed E-state index contributed by atoms with van der Waals surface area (Å²) in [7, 11) is 0. The van der Waals surface area contributed by atoms with Crippen LogP contribution in [0.4, 0.5) is 5.69 Å². The summed E-state index contributed by atoms with van der Waals surface area (Å²) in [4.78, 5) is 4.61. The number of thiazole rings is 1. The lowest BCUT2D eigenvalue weighted by Crippen LogP contribution is -2.01. The van der Waals surface area contributed by atoms with E-state index in [-0.39, 0.29) is 0 Å². The third kappa shape index (κ3) is 4.57. The van der Waals surface area contributed by atoms with Crippen LogP contribution in [0.5, 0.6) is 5.75 Å². The van der Waals surface area contributed by atoms with E-state index in [4.69, 9.17) is 4.74 Å². The van der Waals surface area contributed by atoms with Gasteiger partial charge in [-0.1, -0.05) is 35.4 Å². The molecule has 3 nitrogen and oxygen atoms in total. The van der Waals surface area contributed by atoms with Crippen LogP contribution >= 0.6 is 11.3 Å². The Morgan fingerprint density at radius 1 is 0.957 bits per heavy atom. The second kappa shape index (κ2) is 7.29. The SMILES string of the molecule is Cc1ccc(NCc2csc(COc3ccc(C)cc3)n2)cc1. The topological polar surface area (TPSA) is 34.1 Å². The molecule has 0 atom stereocenters. The van der Waals surface area contributed by atoms with Crippen LogP contribution in [0.2, 0.25) is 0 Å². The van der Waals surface area contributed by atoms with Crippen molar-refractivity contribution >= 4 is 17.0 Å². The highest BCUT2D eigenvalue weighted by Crippen LogP contribution is 2.17. The first-order valence-corrected chi connectivity index (χ1v) is 8.50. The number of hydrogen-bond donors (Lipinski definition) is 1. The van der Waals surface area contributed by atoms with Crippen LogP contribution in [0.25, 0.3) is 0 Å². The summed E-state index contributed by atoms with van der Waals surface area (Å²) in [5.41, 5.74) is 4.65. The normalized spacial score (nSPS) is 10.5. The summed E-state index contributed by atoms with van der Waals surface area (Å²) < 4.78 is 5.76. The summed E-state index contributed by atoms with van der Waals surface area (Å²) >= 11 is 1.63. The number of nitrogens with one attached hydrogen (secondary N) is 1. The molecule has 0 fully saturated rings. The predicted octanol–water partition coefficient (Wildman–Crippen LogP) is 4.95. The smallest absolute Gasteiger partial charge is 0.140 e. The Labute approximate surface area is 141 Å². The molecule has 0 aliphatic rings. The van der Waals surface area contributed by atoms with Crippen LogP contribution in [0, 0.1) is 13.8 Å². The van der Waals surface area contributed by atoms with Gasteiger partial charge in [0.15, 0.2) is 0 Å². The zero-order valence-corrected chi connectivity index (χ0v) is 14.2. The number of anilines is 1. The maximum atomic E-state index is 5.76. The quantitative estimate of drug-likeness (QED) is 0.696. The number of nitrogens with zero attached hydrogens (tertiary/aromatic N) is 1. The van der Waals surface area contributed by atoms with Gasteiger partial charge in [0, 0.05) is 11.1 Å². The second-order valence-electron chi connectivity index (χ2n) is 5.55. The molecule has 0 aliphatic heterocycles. The third-order valence-corrected chi connectivity index (χ3v) is 4.38. The molecular weight excluding hydrogens is 304 g/mol. The maximum Gasteiger partial charge on any atom is 0.140 e. The van der Waals surface area contributed by atoms with Crippen molar-refractivity contribution in [3.63, 3.8) is 0 Å². The van der Waals surface area contributed by atoms with E-state index in [1.54, 1.807) is 11.3 Å². The van der Waals surface area contributed by atoms with E-state index in [1.807, 2.05) is 24.3 Å². The third-order valence-electron chi connectivity index (χ3n) is 3.51. The first kappa shape index (κ1) is 15.6. The van der Waals surface area contributed by atoms with Crippen molar-refractivity contribution in [3.8, 4) is 5.75 Å². The van der Waals surface area contributed by atoms with Gasteiger partial charge in [-0.3, -0.25) is 0 Å². The summed E-state index contributed by atoms with van der Waals surface area (Å²) in [5.74, 6) is 0.880. The monoisotopic (exact) mass is 324 g/mol. The van der Waals surface area contributed by atoms with Crippen LogP contribution in [-0.2, 0) is 13.2 Å². The molecule has 1 heterocycles. The molecule has 3 rings (SSSR count). The number of aryl methyl sites for hydroxylation is 2. The Kier molecular flexibility index (Phi) is 4.93. The van der Waals surface area contributed by atoms with Crippen molar-refractivity contribution in [2.45, 2.75) is 27.0 Å². The van der Waals surface area contributed by atoms with Gasteiger partial charge in [-0.2, -0.15) is 0 Å². The number of rotatable bonds is 6. The van der Waals surface area contributed by atoms with Gasteiger partial charge in [-0.25, -0.2) is 4.98 Å². The Morgan fingerprint density at radius 3 is 2.30 bits per heavy atom. The number of aromatic nitrogens is 1. The molecule has 0 amide bonds. The van der Waals surface area contributed by atoms with Gasteiger partial charge in [0.1, 0.15) is 17.4 Å². The van der Waals surface area contributed by atoms with Crippen molar-refractivity contribution in [2.75, 3.05) is 5.32 Å². The van der Waals surface area contributed by atoms with Crippen molar-refractivity contribution < 1.29 is 4.74 Å². The molecular formula is C19H20N2OS. The maximum absolute atomic E-state index is 5.76. The Bertz CT molecular complexity index is 684. The number of benzene rings is 2. The molecule has 0 aliphatic carbocycles. The molecule has 0 unspecified atom stereocenters. The molecule has 0 spiro atoms. The van der Waals surface area contributed by atoms with Crippen LogP contribution in [0.15, 0.2) is 53.9 Å². The zero-order valence-electron chi connectivity index (χ0n) is 13.4. The molecule has 2 aromatic carbocycles. The van der Waals surface area contributed by atoms with Crippen LogP contribution < -0.4 is 10.1 Å². The Balaban J connectivity index is 1.51. The second-order valence-corrected chi connectivity index (χ2v) is 6.50. The van der Waals surface area contributed by atoms with Gasteiger partial charge in [0.25, 0.3) is 0 Å². The molecule has 0 saturated carbocycles. The fraction of sp³-hybridized carbons (Fsp3) is 0.211. The van der Waals surface area contributed by atoms with Crippen LogP contribution in [0.1, 0.15) is 21.8 Å². The van der Waals surface area contributed by atoms with E-state index in [9.17, 15) is 0 Å². The van der Waals surface area contributed by atoms with E-state index in [0.29, 0.717) is 6.61 Å². The predicted molar refractivity (Wildman–Crippen MR) is 96.1 cm³/mol. The molecule has 0 radical (unpaired) electrons. The highest BCUT2D eigenvalue weighted by Gasteiger charge is 2.03. The molecule has 23 heavy (non-hydrogen) atoms. The average Bonchev–Trinajstić information content (AvgIpc) is 3.02. The van der Waals surface area contributed by atoms with Gasteiger partial charge >= 0.3 is 0 Å². The van der Waals surface area contributed by atoms with Crippen molar-refractivity contribution in [3.05, 3.63) is 75.7 Å². The molecule has 3 aromatic rings. The standard InChI is InChI=1S/C19H20N2OS/c1-14-3-7-16(8-4-14)20-11-17-13-23-19(21-17)12-22-18-9-5-15(2)6-10-18/h3-10,13,20H,11-12H2,1-2H3. The minimum atomic E-state index is 0.512. The average molecular weight is 324 g/mol. The molecule has 1 N–H and O–H groups in total. The van der Waals surface area contributed by atoms with E-state index in [2.05, 4.69) is 53.8 Å². The fourth-order valence-corrected chi connectivity index (χ4v) is 2.85. The summed E-state index contributed by atoms with van der Waals surface area (Å²) in [5, 5.41) is 6.46. The number of hydrogen-bond acceptors (Lipinski definition) is 4. The van der Waals surface area contributed by atoms with Crippen molar-refractivity contribution in [1.29, 1.82) is 0 Å². The highest BCUT2D eigenvalue weighted by molar-refractivity contribution is 7.09. The highest BCUT2D eigenvalue weighted by atomic mass is 32.1. The Hall–Kier alpha value is -2.33. The number of ether oxygens (including phenoxy) is 1. The van der Waals surface area contributed by atoms with Gasteiger partial charge < -0.3 is 10.1 Å². The lowest BCUT2D eigenvalue weighted by molar-refractivity contribution is 0.305. The van der Waals surface area contributed by atoms with Crippen LogP contribution in [-0.4, -0.2) is 4.98 Å². The van der Waals surface area contributed by atoms with Gasteiger partial charge in [0.2, 0.25) is 0 Å². The van der Waals surface area contributed by atoms with Crippen molar-refractivity contribution in [1.82, 2.24) is 4.98 Å². The zero-order chi connectivity index (χ0) is 16.1. The minimum Gasteiger partial charge on any atom is -0.486 e. The molecule has 1 aromatic heterocycles. The van der Waals surface area contributed by atoms with E-state index < -0.39 is 0 Å². The fourth-order valence-electron chi connectivity index (χ4n) is 2.14. The molecule has 118 valence electrons. The summed E-state index contributed by atoms with van der Waals surface area (Å²) in [6.45, 7) is 5.39. The molecule has 0 saturated heterocycles. The lowest BCUT2D eigenvalue weighted by Gasteiger charge is -2.05. The Morgan fingerprint density at radius 2 is 1.61 bits per heavy atom.